The van der Waals surface area contributed by atoms with Gasteiger partial charge in [-0.15, -0.1) is 0 Å². The van der Waals surface area contributed by atoms with Gasteiger partial charge in [0.25, 0.3) is 0 Å². The Balaban J connectivity index is 2.04. The minimum atomic E-state index is -0.362. The van der Waals surface area contributed by atoms with Crippen molar-refractivity contribution in [2.75, 3.05) is 6.54 Å². The van der Waals surface area contributed by atoms with E-state index in [1.54, 1.807) is 0 Å². The van der Waals surface area contributed by atoms with Crippen molar-refractivity contribution in [1.29, 1.82) is 0 Å². The lowest BCUT2D eigenvalue weighted by Gasteiger charge is -2.30. The average molecular weight is 247 g/mol. The number of likely N-dealkylation sites (tertiary alicyclic amines) is 1. The number of benzene rings is 1. The van der Waals surface area contributed by atoms with Gasteiger partial charge in [0.2, 0.25) is 0 Å². The molecule has 0 saturated carbocycles. The van der Waals surface area contributed by atoms with Crippen molar-refractivity contribution in [1.82, 2.24) is 4.90 Å². The van der Waals surface area contributed by atoms with Crippen molar-refractivity contribution in [3.63, 3.8) is 0 Å². The van der Waals surface area contributed by atoms with E-state index in [0.717, 1.165) is 12.1 Å². The summed E-state index contributed by atoms with van der Waals surface area (Å²) in [5.74, 6) is 0. The highest BCUT2D eigenvalue weighted by Gasteiger charge is 2.30. The van der Waals surface area contributed by atoms with Crippen LogP contribution in [0.3, 0.4) is 0 Å². The van der Waals surface area contributed by atoms with Gasteiger partial charge in [-0.2, -0.15) is 0 Å². The van der Waals surface area contributed by atoms with E-state index >= 15 is 0 Å². The summed E-state index contributed by atoms with van der Waals surface area (Å²) in [7, 11) is 0. The van der Waals surface area contributed by atoms with E-state index in [1.165, 1.54) is 24.8 Å². The van der Waals surface area contributed by atoms with Gasteiger partial charge in [-0.1, -0.05) is 36.8 Å². The van der Waals surface area contributed by atoms with Crippen LogP contribution in [-0.4, -0.2) is 28.6 Å². The summed E-state index contributed by atoms with van der Waals surface area (Å²) in [4.78, 5) is 2.48. The third-order valence-electron chi connectivity index (χ3n) is 4.23. The summed E-state index contributed by atoms with van der Waals surface area (Å²) in [5.41, 5.74) is 2.26. The van der Waals surface area contributed by atoms with E-state index in [-0.39, 0.29) is 6.10 Å². The third-order valence-corrected chi connectivity index (χ3v) is 4.23. The van der Waals surface area contributed by atoms with Gasteiger partial charge in [0.1, 0.15) is 0 Å². The number of aryl methyl sites for hydroxylation is 1. The molecular formula is C16H25NO. The summed E-state index contributed by atoms with van der Waals surface area (Å²) in [5, 5.41) is 10.4. The molecule has 1 aliphatic rings. The van der Waals surface area contributed by atoms with E-state index in [4.69, 9.17) is 0 Å². The molecule has 2 heteroatoms. The zero-order valence-corrected chi connectivity index (χ0v) is 11.8. The van der Waals surface area contributed by atoms with Crippen molar-refractivity contribution in [3.05, 3.63) is 35.4 Å². The largest absolute Gasteiger partial charge is 0.387 e. The van der Waals surface area contributed by atoms with Gasteiger partial charge in [0.05, 0.1) is 6.10 Å². The second-order valence-corrected chi connectivity index (χ2v) is 5.62. The molecule has 0 aliphatic carbocycles. The first-order valence-corrected chi connectivity index (χ1v) is 7.12. The highest BCUT2D eigenvalue weighted by molar-refractivity contribution is 5.24. The molecule has 0 bridgehead atoms. The monoisotopic (exact) mass is 247 g/mol. The molecule has 1 N–H and O–H groups in total. The maximum Gasteiger partial charge on any atom is 0.0917 e. The SMILES string of the molecule is CCC1CCC(C)N1CC(O)c1cccc(C)c1. The minimum Gasteiger partial charge on any atom is -0.387 e. The van der Waals surface area contributed by atoms with E-state index in [9.17, 15) is 5.11 Å². The molecule has 0 spiro atoms. The van der Waals surface area contributed by atoms with E-state index in [2.05, 4.69) is 37.8 Å². The Morgan fingerprint density at radius 3 is 2.83 bits per heavy atom. The summed E-state index contributed by atoms with van der Waals surface area (Å²) in [6.07, 6.45) is 3.36. The Hall–Kier alpha value is -0.860. The first-order chi connectivity index (χ1) is 8.61. The molecule has 3 atom stereocenters. The zero-order valence-electron chi connectivity index (χ0n) is 11.8. The Bertz CT molecular complexity index is 390. The number of hydrogen-bond acceptors (Lipinski definition) is 2. The molecule has 2 nitrogen and oxygen atoms in total. The summed E-state index contributed by atoms with van der Waals surface area (Å²) >= 11 is 0. The van der Waals surface area contributed by atoms with Gasteiger partial charge < -0.3 is 5.11 Å². The summed E-state index contributed by atoms with van der Waals surface area (Å²) in [6.45, 7) is 7.36. The number of hydrogen-bond donors (Lipinski definition) is 1. The number of rotatable bonds is 4. The molecule has 1 heterocycles. The molecule has 0 aromatic heterocycles. The van der Waals surface area contributed by atoms with Gasteiger partial charge in [-0.3, -0.25) is 4.90 Å². The van der Waals surface area contributed by atoms with Crippen LogP contribution in [0.25, 0.3) is 0 Å². The van der Waals surface area contributed by atoms with Crippen LogP contribution < -0.4 is 0 Å². The van der Waals surface area contributed by atoms with Crippen LogP contribution in [0.5, 0.6) is 0 Å². The molecule has 1 saturated heterocycles. The quantitative estimate of drug-likeness (QED) is 0.882. The molecule has 3 unspecified atom stereocenters. The maximum absolute atomic E-state index is 10.4. The normalized spacial score (nSPS) is 26.4. The van der Waals surface area contributed by atoms with E-state index < -0.39 is 0 Å². The highest BCUT2D eigenvalue weighted by atomic mass is 16.3. The predicted octanol–water partition coefficient (Wildman–Crippen LogP) is 3.29. The molecule has 0 amide bonds. The Kier molecular flexibility index (Phi) is 4.41. The van der Waals surface area contributed by atoms with Crippen LogP contribution in [0.2, 0.25) is 0 Å². The molecule has 1 fully saturated rings. The molecule has 0 radical (unpaired) electrons. The van der Waals surface area contributed by atoms with Crippen LogP contribution in [-0.2, 0) is 0 Å². The van der Waals surface area contributed by atoms with Crippen molar-refractivity contribution in [3.8, 4) is 0 Å². The van der Waals surface area contributed by atoms with Crippen LogP contribution in [0.15, 0.2) is 24.3 Å². The van der Waals surface area contributed by atoms with E-state index in [0.29, 0.717) is 12.1 Å². The lowest BCUT2D eigenvalue weighted by Crippen LogP contribution is -2.37. The third kappa shape index (κ3) is 2.93. The Morgan fingerprint density at radius 2 is 2.17 bits per heavy atom. The fraction of sp³-hybridized carbons (Fsp3) is 0.625. The first-order valence-electron chi connectivity index (χ1n) is 7.12. The second kappa shape index (κ2) is 5.85. The molecule has 1 aromatic carbocycles. The molecule has 2 rings (SSSR count). The lowest BCUT2D eigenvalue weighted by atomic mass is 10.1. The molecule has 1 aliphatic heterocycles. The van der Waals surface area contributed by atoms with Gasteiger partial charge in [0, 0.05) is 18.6 Å². The molecule has 1 aromatic rings. The van der Waals surface area contributed by atoms with Crippen molar-refractivity contribution in [2.45, 2.75) is 58.2 Å². The van der Waals surface area contributed by atoms with Gasteiger partial charge in [-0.05, 0) is 38.7 Å². The van der Waals surface area contributed by atoms with Crippen molar-refractivity contribution in [2.24, 2.45) is 0 Å². The molecular weight excluding hydrogens is 222 g/mol. The minimum absolute atomic E-state index is 0.362. The van der Waals surface area contributed by atoms with Crippen LogP contribution in [0.4, 0.5) is 0 Å². The highest BCUT2D eigenvalue weighted by Crippen LogP contribution is 2.28. The fourth-order valence-corrected chi connectivity index (χ4v) is 3.08. The Morgan fingerprint density at radius 1 is 1.39 bits per heavy atom. The standard InChI is InChI=1S/C16H25NO/c1-4-15-9-8-13(3)17(15)11-16(18)14-7-5-6-12(2)10-14/h5-7,10,13,15-16,18H,4,8-9,11H2,1-3H3. The van der Waals surface area contributed by atoms with Crippen molar-refractivity contribution < 1.29 is 5.11 Å². The summed E-state index contributed by atoms with van der Waals surface area (Å²) in [6, 6.07) is 9.47. The summed E-state index contributed by atoms with van der Waals surface area (Å²) < 4.78 is 0. The maximum atomic E-state index is 10.4. The smallest absolute Gasteiger partial charge is 0.0917 e. The van der Waals surface area contributed by atoms with Crippen LogP contribution in [0, 0.1) is 6.92 Å². The fourth-order valence-electron chi connectivity index (χ4n) is 3.08. The van der Waals surface area contributed by atoms with Gasteiger partial charge in [-0.25, -0.2) is 0 Å². The van der Waals surface area contributed by atoms with Gasteiger partial charge >= 0.3 is 0 Å². The average Bonchev–Trinajstić information content (AvgIpc) is 2.70. The number of aliphatic hydroxyl groups is 1. The Labute approximate surface area is 111 Å². The van der Waals surface area contributed by atoms with Crippen LogP contribution >= 0.6 is 0 Å². The topological polar surface area (TPSA) is 23.5 Å². The zero-order chi connectivity index (χ0) is 13.1. The van der Waals surface area contributed by atoms with Crippen molar-refractivity contribution >= 4 is 0 Å². The number of nitrogens with zero attached hydrogens (tertiary/aromatic N) is 1. The predicted molar refractivity (Wildman–Crippen MR) is 75.6 cm³/mol. The number of aliphatic hydroxyl groups excluding tert-OH is 1. The van der Waals surface area contributed by atoms with Crippen LogP contribution in [0.1, 0.15) is 50.3 Å². The van der Waals surface area contributed by atoms with E-state index in [1.807, 2.05) is 12.1 Å². The first kappa shape index (κ1) is 13.6. The number of β-amino-alcohol motifs (C(OH)–C–C–N with tert-alkyl or cyclic N) is 1. The molecule has 18 heavy (non-hydrogen) atoms. The second-order valence-electron chi connectivity index (χ2n) is 5.62. The molecule has 100 valence electrons. The van der Waals surface area contributed by atoms with Gasteiger partial charge in [0.15, 0.2) is 0 Å². The lowest BCUT2D eigenvalue weighted by molar-refractivity contribution is 0.0859.